The number of nitrogens with zero attached hydrogens (tertiary/aromatic N) is 4. The summed E-state index contributed by atoms with van der Waals surface area (Å²) in [6, 6.07) is 8.95. The number of piperazine rings is 1. The Morgan fingerprint density at radius 3 is 2.12 bits per heavy atom. The molecule has 0 unspecified atom stereocenters. The van der Waals surface area contributed by atoms with Crippen LogP contribution in [0.15, 0.2) is 47.6 Å². The van der Waals surface area contributed by atoms with E-state index in [0.29, 0.717) is 5.56 Å². The zero-order valence-corrected chi connectivity index (χ0v) is 15.4. The molecule has 0 radical (unpaired) electrons. The highest BCUT2D eigenvalue weighted by molar-refractivity contribution is 7.89. The van der Waals surface area contributed by atoms with Crippen LogP contribution in [0.2, 0.25) is 0 Å². The number of sulfonamides is 2. The van der Waals surface area contributed by atoms with Crippen LogP contribution in [-0.4, -0.2) is 61.4 Å². The van der Waals surface area contributed by atoms with E-state index >= 15 is 0 Å². The molecule has 1 aromatic carbocycles. The molecule has 1 aliphatic heterocycles. The highest BCUT2D eigenvalue weighted by atomic mass is 32.2. The lowest BCUT2D eigenvalue weighted by Gasteiger charge is -2.33. The summed E-state index contributed by atoms with van der Waals surface area (Å²) in [7, 11) is -5.46. The summed E-state index contributed by atoms with van der Waals surface area (Å²) in [6.45, 7) is 0.555. The molecular formula is C15H20N4O4S2. The lowest BCUT2D eigenvalue weighted by molar-refractivity contribution is 0.272. The van der Waals surface area contributed by atoms with Crippen LogP contribution in [0.4, 0.5) is 0 Å². The van der Waals surface area contributed by atoms with Crippen molar-refractivity contribution >= 4 is 20.0 Å². The molecule has 0 amide bonds. The third-order valence-electron chi connectivity index (χ3n) is 4.10. The van der Waals surface area contributed by atoms with Crippen LogP contribution in [0.1, 0.15) is 5.56 Å². The van der Waals surface area contributed by atoms with Crippen molar-refractivity contribution in [1.29, 1.82) is 0 Å². The van der Waals surface area contributed by atoms with Gasteiger partial charge in [-0.25, -0.2) is 16.8 Å². The minimum atomic E-state index is -3.64. The Kier molecular flexibility index (Phi) is 4.96. The Morgan fingerprint density at radius 2 is 1.56 bits per heavy atom. The molecule has 1 fully saturated rings. The second-order valence-corrected chi connectivity index (χ2v) is 9.80. The summed E-state index contributed by atoms with van der Waals surface area (Å²) in [5, 5.41) is 3.88. The van der Waals surface area contributed by atoms with Crippen molar-refractivity contribution in [2.75, 3.05) is 26.2 Å². The van der Waals surface area contributed by atoms with Gasteiger partial charge in [-0.15, -0.1) is 0 Å². The van der Waals surface area contributed by atoms with E-state index in [-0.39, 0.29) is 36.8 Å². The van der Waals surface area contributed by atoms with Crippen molar-refractivity contribution in [3.63, 3.8) is 0 Å². The van der Waals surface area contributed by atoms with Crippen molar-refractivity contribution in [3.05, 3.63) is 48.3 Å². The van der Waals surface area contributed by atoms with Gasteiger partial charge in [-0.1, -0.05) is 30.3 Å². The summed E-state index contributed by atoms with van der Waals surface area (Å²) in [5.74, 6) is -0.0802. The van der Waals surface area contributed by atoms with Gasteiger partial charge in [0.2, 0.25) is 20.0 Å². The van der Waals surface area contributed by atoms with Crippen molar-refractivity contribution in [2.45, 2.75) is 10.6 Å². The average molecular weight is 384 g/mol. The van der Waals surface area contributed by atoms with Crippen LogP contribution >= 0.6 is 0 Å². The molecule has 0 spiro atoms. The van der Waals surface area contributed by atoms with E-state index in [9.17, 15) is 16.8 Å². The van der Waals surface area contributed by atoms with Crippen molar-refractivity contribution < 1.29 is 16.8 Å². The lowest BCUT2D eigenvalue weighted by Crippen LogP contribution is -2.50. The van der Waals surface area contributed by atoms with E-state index in [1.165, 1.54) is 25.7 Å². The number of hydrogen-bond donors (Lipinski definition) is 0. The molecule has 1 aromatic heterocycles. The van der Waals surface area contributed by atoms with Crippen LogP contribution in [-0.2, 0) is 32.8 Å². The highest BCUT2D eigenvalue weighted by Gasteiger charge is 2.33. The van der Waals surface area contributed by atoms with E-state index < -0.39 is 20.0 Å². The molecule has 2 heterocycles. The van der Waals surface area contributed by atoms with Gasteiger partial charge < -0.3 is 0 Å². The van der Waals surface area contributed by atoms with E-state index in [1.54, 1.807) is 31.3 Å². The van der Waals surface area contributed by atoms with Gasteiger partial charge in [-0.2, -0.15) is 13.7 Å². The quantitative estimate of drug-likeness (QED) is 0.737. The number of benzene rings is 1. The Labute approximate surface area is 147 Å². The molecule has 25 heavy (non-hydrogen) atoms. The first-order valence-electron chi connectivity index (χ1n) is 7.79. The maximum absolute atomic E-state index is 12.6. The van der Waals surface area contributed by atoms with Gasteiger partial charge in [-0.3, -0.25) is 4.68 Å². The number of aromatic nitrogens is 2. The molecule has 10 heteroatoms. The first-order chi connectivity index (χ1) is 11.8. The summed E-state index contributed by atoms with van der Waals surface area (Å²) in [5.41, 5.74) is 0.716. The zero-order valence-electron chi connectivity index (χ0n) is 13.8. The summed E-state index contributed by atoms with van der Waals surface area (Å²) in [4.78, 5) is 0.121. The monoisotopic (exact) mass is 384 g/mol. The van der Waals surface area contributed by atoms with Crippen LogP contribution in [0.3, 0.4) is 0 Å². The molecule has 1 aliphatic rings. The Morgan fingerprint density at radius 1 is 0.960 bits per heavy atom. The molecule has 0 N–H and O–H groups in total. The molecule has 0 atom stereocenters. The first kappa shape index (κ1) is 18.1. The highest BCUT2D eigenvalue weighted by Crippen LogP contribution is 2.19. The van der Waals surface area contributed by atoms with E-state index in [1.807, 2.05) is 6.07 Å². The molecule has 1 saturated heterocycles. The van der Waals surface area contributed by atoms with Gasteiger partial charge in [-0.05, 0) is 5.56 Å². The summed E-state index contributed by atoms with van der Waals surface area (Å²) in [6.07, 6.45) is 2.74. The van der Waals surface area contributed by atoms with E-state index in [0.717, 1.165) is 0 Å². The molecule has 0 saturated carbocycles. The Hall–Kier alpha value is -1.75. The lowest BCUT2D eigenvalue weighted by atomic mass is 10.2. The van der Waals surface area contributed by atoms with Crippen molar-refractivity contribution in [3.8, 4) is 0 Å². The normalized spacial score (nSPS) is 17.6. The van der Waals surface area contributed by atoms with Gasteiger partial charge in [0.15, 0.2) is 0 Å². The van der Waals surface area contributed by atoms with Crippen LogP contribution in [0.5, 0.6) is 0 Å². The average Bonchev–Trinajstić information content (AvgIpc) is 3.03. The number of rotatable bonds is 5. The smallest absolute Gasteiger partial charge is 0.246 e. The second kappa shape index (κ2) is 6.87. The largest absolute Gasteiger partial charge is 0.274 e. The standard InChI is InChI=1S/C15H20N4O4S2/c1-17-12-15(11-16-17)25(22,23)19-9-7-18(8-10-19)24(20,21)13-14-5-3-2-4-6-14/h2-6,11-12H,7-10,13H2,1H3. The fraction of sp³-hybridized carbons (Fsp3) is 0.400. The Bertz CT molecular complexity index is 931. The van der Waals surface area contributed by atoms with Gasteiger partial charge in [0, 0.05) is 39.4 Å². The maximum Gasteiger partial charge on any atom is 0.246 e. The van der Waals surface area contributed by atoms with Crippen molar-refractivity contribution in [1.82, 2.24) is 18.4 Å². The molecule has 0 bridgehead atoms. The zero-order chi connectivity index (χ0) is 18.1. The van der Waals surface area contributed by atoms with Gasteiger partial charge in [0.05, 0.1) is 11.9 Å². The fourth-order valence-electron chi connectivity index (χ4n) is 2.75. The number of hydrogen-bond acceptors (Lipinski definition) is 5. The molecule has 0 aliphatic carbocycles. The third-order valence-corrected chi connectivity index (χ3v) is 7.80. The second-order valence-electron chi connectivity index (χ2n) is 5.89. The predicted molar refractivity (Wildman–Crippen MR) is 92.6 cm³/mol. The van der Waals surface area contributed by atoms with E-state index in [4.69, 9.17) is 0 Å². The van der Waals surface area contributed by atoms with Gasteiger partial charge in [0.1, 0.15) is 4.90 Å². The van der Waals surface area contributed by atoms with Gasteiger partial charge >= 0.3 is 0 Å². The van der Waals surface area contributed by atoms with Crippen molar-refractivity contribution in [2.24, 2.45) is 7.05 Å². The number of aryl methyl sites for hydroxylation is 1. The van der Waals surface area contributed by atoms with Gasteiger partial charge in [0.25, 0.3) is 0 Å². The van der Waals surface area contributed by atoms with Crippen LogP contribution in [0, 0.1) is 0 Å². The third kappa shape index (κ3) is 3.92. The Balaban J connectivity index is 1.67. The molecule has 3 rings (SSSR count). The SMILES string of the molecule is Cn1cc(S(=O)(=O)N2CCN(S(=O)(=O)Cc3ccccc3)CC2)cn1. The molecule has 8 nitrogen and oxygen atoms in total. The van der Waals surface area contributed by atoms with Crippen LogP contribution in [0.25, 0.3) is 0 Å². The first-order valence-corrected chi connectivity index (χ1v) is 10.8. The fourth-order valence-corrected chi connectivity index (χ4v) is 5.67. The van der Waals surface area contributed by atoms with Crippen LogP contribution < -0.4 is 0 Å². The maximum atomic E-state index is 12.6. The summed E-state index contributed by atoms with van der Waals surface area (Å²) < 4.78 is 54.2. The topological polar surface area (TPSA) is 92.6 Å². The molecule has 136 valence electrons. The van der Waals surface area contributed by atoms with E-state index in [2.05, 4.69) is 5.10 Å². The molecular weight excluding hydrogens is 364 g/mol. The summed E-state index contributed by atoms with van der Waals surface area (Å²) >= 11 is 0. The molecule has 2 aromatic rings. The minimum absolute atomic E-state index is 0.0802. The predicted octanol–water partition coefficient (Wildman–Crippen LogP) is 0.256. The minimum Gasteiger partial charge on any atom is -0.274 e.